The second kappa shape index (κ2) is 9.01. The van der Waals surface area contributed by atoms with Gasteiger partial charge >= 0.3 is 5.69 Å². The molecule has 1 atom stereocenters. The molecule has 0 aliphatic carbocycles. The number of benzene rings is 1. The molecular weight excluding hydrogens is 396 g/mol. The first kappa shape index (κ1) is 20.7. The maximum atomic E-state index is 12.5. The maximum absolute atomic E-state index is 12.5. The quantitative estimate of drug-likeness (QED) is 0.587. The number of aromatic amines is 1. The van der Waals surface area contributed by atoms with Crippen molar-refractivity contribution in [2.45, 2.75) is 57.7 Å². The van der Waals surface area contributed by atoms with Crippen LogP contribution in [0, 0.1) is 0 Å². The highest BCUT2D eigenvalue weighted by Gasteiger charge is 2.18. The van der Waals surface area contributed by atoms with Gasteiger partial charge in [-0.05, 0) is 38.0 Å². The van der Waals surface area contributed by atoms with Gasteiger partial charge in [0.2, 0.25) is 0 Å². The molecule has 0 bridgehead atoms. The number of hydrogen-bond donors (Lipinski definition) is 1. The number of hydrogen-bond acceptors (Lipinski definition) is 4. The Morgan fingerprint density at radius 1 is 1.18 bits per heavy atom. The zero-order valence-corrected chi connectivity index (χ0v) is 17.9. The van der Waals surface area contributed by atoms with Crippen molar-refractivity contribution in [3.63, 3.8) is 0 Å². The zero-order valence-electron chi connectivity index (χ0n) is 16.4. The summed E-state index contributed by atoms with van der Waals surface area (Å²) in [5.41, 5.74) is 1.39. The van der Waals surface area contributed by atoms with Crippen LogP contribution in [0.1, 0.15) is 50.3 Å². The van der Waals surface area contributed by atoms with Crippen LogP contribution in [0.4, 0.5) is 0 Å². The summed E-state index contributed by atoms with van der Waals surface area (Å²) in [6, 6.07) is 7.83. The lowest BCUT2D eigenvalue weighted by Gasteiger charge is -2.12. The van der Waals surface area contributed by atoms with E-state index in [2.05, 4.69) is 18.8 Å². The SMILES string of the molecule is CCCCn1c(=O)[nH]c(=O)c2c1nc(CSC(C)c1ccc(Cl)cc1)n2CC. The van der Waals surface area contributed by atoms with E-state index in [-0.39, 0.29) is 16.5 Å². The van der Waals surface area contributed by atoms with Crippen LogP contribution in [0.5, 0.6) is 0 Å². The summed E-state index contributed by atoms with van der Waals surface area (Å²) in [6.45, 7) is 7.36. The number of H-pyrrole nitrogens is 1. The molecule has 0 aliphatic rings. The standard InChI is InChI=1S/C20H25ClN4O2S/c1-4-6-11-25-18-17(19(26)23-20(25)27)24(5-2)16(22-18)12-28-13(3)14-7-9-15(21)10-8-14/h7-10,13H,4-6,11-12H2,1-3H3,(H,23,26,27). The molecule has 3 aromatic rings. The summed E-state index contributed by atoms with van der Waals surface area (Å²) in [4.78, 5) is 31.9. The van der Waals surface area contributed by atoms with E-state index in [1.165, 1.54) is 5.56 Å². The molecule has 0 saturated carbocycles. The van der Waals surface area contributed by atoms with Crippen LogP contribution >= 0.6 is 23.4 Å². The number of rotatable bonds is 8. The highest BCUT2D eigenvalue weighted by molar-refractivity contribution is 7.98. The van der Waals surface area contributed by atoms with Gasteiger partial charge < -0.3 is 4.57 Å². The lowest BCUT2D eigenvalue weighted by Crippen LogP contribution is -2.31. The van der Waals surface area contributed by atoms with Gasteiger partial charge in [0, 0.05) is 23.4 Å². The third kappa shape index (κ3) is 4.20. The number of thioether (sulfide) groups is 1. The normalized spacial score (nSPS) is 12.6. The number of imidazole rings is 1. The van der Waals surface area contributed by atoms with Gasteiger partial charge in [0.1, 0.15) is 5.82 Å². The van der Waals surface area contributed by atoms with E-state index in [0.717, 1.165) is 23.7 Å². The fourth-order valence-corrected chi connectivity index (χ4v) is 4.32. The van der Waals surface area contributed by atoms with Crippen LogP contribution in [-0.4, -0.2) is 19.1 Å². The Morgan fingerprint density at radius 3 is 2.54 bits per heavy atom. The minimum Gasteiger partial charge on any atom is -0.322 e. The highest BCUT2D eigenvalue weighted by atomic mass is 35.5. The molecule has 2 aromatic heterocycles. The fourth-order valence-electron chi connectivity index (χ4n) is 3.22. The second-order valence-electron chi connectivity index (χ2n) is 6.71. The zero-order chi connectivity index (χ0) is 20.3. The highest BCUT2D eigenvalue weighted by Crippen LogP contribution is 2.32. The van der Waals surface area contributed by atoms with Gasteiger partial charge in [0.15, 0.2) is 11.2 Å². The third-order valence-electron chi connectivity index (χ3n) is 4.82. The lowest BCUT2D eigenvalue weighted by atomic mass is 10.2. The summed E-state index contributed by atoms with van der Waals surface area (Å²) < 4.78 is 3.50. The summed E-state index contributed by atoms with van der Waals surface area (Å²) in [5, 5.41) is 0.973. The van der Waals surface area contributed by atoms with E-state index >= 15 is 0 Å². The van der Waals surface area contributed by atoms with Gasteiger partial charge in [-0.15, -0.1) is 11.8 Å². The summed E-state index contributed by atoms with van der Waals surface area (Å²) in [7, 11) is 0. The molecule has 3 rings (SSSR count). The minimum atomic E-state index is -0.388. The Kier molecular flexibility index (Phi) is 6.67. The number of halogens is 1. The number of nitrogens with zero attached hydrogens (tertiary/aromatic N) is 3. The van der Waals surface area contributed by atoms with Crippen molar-refractivity contribution in [1.82, 2.24) is 19.1 Å². The Balaban J connectivity index is 1.94. The van der Waals surface area contributed by atoms with Gasteiger partial charge in [-0.25, -0.2) is 9.78 Å². The van der Waals surface area contributed by atoms with Crippen LogP contribution in [0.15, 0.2) is 33.9 Å². The topological polar surface area (TPSA) is 72.7 Å². The number of unbranched alkanes of at least 4 members (excludes halogenated alkanes) is 1. The minimum absolute atomic E-state index is 0.253. The van der Waals surface area contributed by atoms with Crippen molar-refractivity contribution in [1.29, 1.82) is 0 Å². The molecule has 1 unspecified atom stereocenters. The molecule has 0 fully saturated rings. The molecule has 0 aliphatic heterocycles. The molecule has 2 heterocycles. The third-order valence-corrected chi connectivity index (χ3v) is 6.27. The molecule has 1 N–H and O–H groups in total. The first-order valence-electron chi connectivity index (χ1n) is 9.55. The Bertz CT molecular complexity index is 1070. The van der Waals surface area contributed by atoms with Crippen LogP contribution in [0.3, 0.4) is 0 Å². The van der Waals surface area contributed by atoms with E-state index < -0.39 is 0 Å². The predicted molar refractivity (Wildman–Crippen MR) is 116 cm³/mol. The molecule has 1 aromatic carbocycles. The van der Waals surface area contributed by atoms with E-state index in [1.54, 1.807) is 16.3 Å². The van der Waals surface area contributed by atoms with E-state index in [4.69, 9.17) is 16.6 Å². The molecule has 6 nitrogen and oxygen atoms in total. The molecular formula is C20H25ClN4O2S. The average molecular weight is 421 g/mol. The molecule has 0 radical (unpaired) electrons. The van der Waals surface area contributed by atoms with Crippen LogP contribution < -0.4 is 11.2 Å². The van der Waals surface area contributed by atoms with Crippen molar-refractivity contribution in [3.05, 3.63) is 61.5 Å². The molecule has 150 valence electrons. The van der Waals surface area contributed by atoms with Gasteiger partial charge in [-0.3, -0.25) is 14.3 Å². The fraction of sp³-hybridized carbons (Fsp3) is 0.450. The summed E-state index contributed by atoms with van der Waals surface area (Å²) in [5.74, 6) is 1.46. The van der Waals surface area contributed by atoms with Gasteiger partial charge in [-0.2, -0.15) is 0 Å². The Hall–Kier alpha value is -1.99. The molecule has 0 saturated heterocycles. The van der Waals surface area contributed by atoms with Crippen LogP contribution in [0.2, 0.25) is 5.02 Å². The van der Waals surface area contributed by atoms with Crippen LogP contribution in [-0.2, 0) is 18.8 Å². The maximum Gasteiger partial charge on any atom is 0.330 e. The lowest BCUT2D eigenvalue weighted by molar-refractivity contribution is 0.613. The molecule has 0 amide bonds. The molecule has 28 heavy (non-hydrogen) atoms. The van der Waals surface area contributed by atoms with Gasteiger partial charge in [-0.1, -0.05) is 37.1 Å². The molecule has 8 heteroatoms. The van der Waals surface area contributed by atoms with Crippen LogP contribution in [0.25, 0.3) is 11.2 Å². The Morgan fingerprint density at radius 2 is 1.89 bits per heavy atom. The van der Waals surface area contributed by atoms with E-state index in [9.17, 15) is 9.59 Å². The second-order valence-corrected chi connectivity index (χ2v) is 8.48. The monoisotopic (exact) mass is 420 g/mol. The van der Waals surface area contributed by atoms with Crippen molar-refractivity contribution >= 4 is 34.5 Å². The van der Waals surface area contributed by atoms with Crippen molar-refractivity contribution in [3.8, 4) is 0 Å². The average Bonchev–Trinajstić information content (AvgIpc) is 3.05. The van der Waals surface area contributed by atoms with E-state index in [1.807, 2.05) is 35.8 Å². The first-order valence-corrected chi connectivity index (χ1v) is 11.0. The number of aryl methyl sites for hydroxylation is 2. The van der Waals surface area contributed by atoms with Gasteiger partial charge in [0.25, 0.3) is 5.56 Å². The van der Waals surface area contributed by atoms with Crippen molar-refractivity contribution in [2.75, 3.05) is 0 Å². The molecule has 0 spiro atoms. The van der Waals surface area contributed by atoms with Gasteiger partial charge in [0.05, 0.1) is 5.75 Å². The number of nitrogens with one attached hydrogen (secondary N) is 1. The summed E-state index contributed by atoms with van der Waals surface area (Å²) >= 11 is 7.71. The first-order chi connectivity index (χ1) is 13.5. The number of aromatic nitrogens is 4. The Labute approximate surface area is 172 Å². The summed E-state index contributed by atoms with van der Waals surface area (Å²) in [6.07, 6.45) is 1.82. The van der Waals surface area contributed by atoms with Crippen molar-refractivity contribution in [2.24, 2.45) is 0 Å². The largest absolute Gasteiger partial charge is 0.330 e. The van der Waals surface area contributed by atoms with Crippen molar-refractivity contribution < 1.29 is 0 Å². The number of fused-ring (bicyclic) bond motifs is 1. The smallest absolute Gasteiger partial charge is 0.322 e. The van der Waals surface area contributed by atoms with E-state index in [0.29, 0.717) is 30.0 Å². The predicted octanol–water partition coefficient (Wildman–Crippen LogP) is 4.35.